The summed E-state index contributed by atoms with van der Waals surface area (Å²) in [5.41, 5.74) is 1.16. The first-order valence-corrected chi connectivity index (χ1v) is 9.97. The van der Waals surface area contributed by atoms with Gasteiger partial charge in [-0.05, 0) is 49.1 Å². The van der Waals surface area contributed by atoms with E-state index in [0.717, 1.165) is 16.6 Å². The number of carbonyl (C=O) groups is 1. The van der Waals surface area contributed by atoms with Crippen LogP contribution in [0, 0.1) is 0 Å². The van der Waals surface area contributed by atoms with Gasteiger partial charge < -0.3 is 5.32 Å². The Hall–Kier alpha value is -3.15. The van der Waals surface area contributed by atoms with Gasteiger partial charge in [-0.1, -0.05) is 45.0 Å². The molecule has 0 saturated carbocycles. The van der Waals surface area contributed by atoms with Gasteiger partial charge in [-0.3, -0.25) is 14.2 Å². The maximum Gasteiger partial charge on any atom is 0.336 e. The van der Waals surface area contributed by atoms with Crippen LogP contribution < -0.4 is 16.6 Å². The van der Waals surface area contributed by atoms with Crippen LogP contribution in [-0.2, 0) is 11.3 Å². The van der Waals surface area contributed by atoms with Crippen LogP contribution in [0.15, 0.2) is 58.1 Å². The maximum atomic E-state index is 13.3. The topological polar surface area (TPSA) is 73.1 Å². The van der Waals surface area contributed by atoms with Crippen molar-refractivity contribution in [2.24, 2.45) is 0 Å². The Balaban J connectivity index is 2.17. The van der Waals surface area contributed by atoms with Gasteiger partial charge in [-0.15, -0.1) is 0 Å². The first-order valence-electron chi connectivity index (χ1n) is 9.97. The highest BCUT2D eigenvalue weighted by Gasteiger charge is 2.17. The predicted octanol–water partition coefficient (Wildman–Crippen LogP) is 3.19. The van der Waals surface area contributed by atoms with Gasteiger partial charge in [0.2, 0.25) is 5.91 Å². The van der Waals surface area contributed by atoms with E-state index in [-0.39, 0.29) is 24.1 Å². The summed E-state index contributed by atoms with van der Waals surface area (Å²) >= 11 is 0. The standard InChI is InChI=1S/C23H27N3O3/c1-5-16(4)24-21(27)14-25-20-9-7-6-8-19(20)22(28)26(23(25)29)18-12-10-17(11-13-18)15(2)3/h6-13,15-16H,5,14H2,1-4H3,(H,24,27)/t16-/m0/s1. The number of benzene rings is 2. The highest BCUT2D eigenvalue weighted by molar-refractivity contribution is 5.82. The molecule has 2 aromatic carbocycles. The van der Waals surface area contributed by atoms with Gasteiger partial charge in [0.25, 0.3) is 5.56 Å². The van der Waals surface area contributed by atoms with Crippen LogP contribution in [0.3, 0.4) is 0 Å². The molecule has 29 heavy (non-hydrogen) atoms. The molecular formula is C23H27N3O3. The van der Waals surface area contributed by atoms with Crippen LogP contribution in [-0.4, -0.2) is 21.1 Å². The third-order valence-electron chi connectivity index (χ3n) is 5.19. The van der Waals surface area contributed by atoms with E-state index in [0.29, 0.717) is 22.5 Å². The molecule has 6 nitrogen and oxygen atoms in total. The summed E-state index contributed by atoms with van der Waals surface area (Å²) in [5, 5.41) is 3.28. The minimum absolute atomic E-state index is 0.0129. The molecule has 1 atom stereocenters. The van der Waals surface area contributed by atoms with Gasteiger partial charge >= 0.3 is 5.69 Å². The van der Waals surface area contributed by atoms with E-state index < -0.39 is 5.69 Å². The summed E-state index contributed by atoms with van der Waals surface area (Å²) in [6.07, 6.45) is 0.795. The molecule has 1 amide bonds. The average molecular weight is 393 g/mol. The number of hydrogen-bond donors (Lipinski definition) is 1. The summed E-state index contributed by atoms with van der Waals surface area (Å²) in [5.74, 6) is 0.0882. The third kappa shape index (κ3) is 4.16. The lowest BCUT2D eigenvalue weighted by Gasteiger charge is -2.16. The highest BCUT2D eigenvalue weighted by atomic mass is 16.2. The van der Waals surface area contributed by atoms with E-state index in [1.165, 1.54) is 4.57 Å². The molecule has 0 fully saturated rings. The van der Waals surface area contributed by atoms with Crippen molar-refractivity contribution in [1.29, 1.82) is 0 Å². The van der Waals surface area contributed by atoms with Crippen molar-refractivity contribution in [2.45, 2.75) is 52.6 Å². The lowest BCUT2D eigenvalue weighted by atomic mass is 10.0. The first-order chi connectivity index (χ1) is 13.8. The van der Waals surface area contributed by atoms with Crippen molar-refractivity contribution in [3.8, 4) is 5.69 Å². The molecule has 3 rings (SSSR count). The van der Waals surface area contributed by atoms with Crippen molar-refractivity contribution >= 4 is 16.8 Å². The zero-order valence-electron chi connectivity index (χ0n) is 17.3. The Labute approximate surface area is 169 Å². The second-order valence-electron chi connectivity index (χ2n) is 7.65. The maximum absolute atomic E-state index is 13.3. The summed E-state index contributed by atoms with van der Waals surface area (Å²) in [6, 6.07) is 14.3. The van der Waals surface area contributed by atoms with Gasteiger partial charge in [0.15, 0.2) is 0 Å². The Bertz CT molecular complexity index is 1140. The van der Waals surface area contributed by atoms with Gasteiger partial charge in [0.1, 0.15) is 6.54 Å². The Morgan fingerprint density at radius 1 is 1.00 bits per heavy atom. The van der Waals surface area contributed by atoms with Gasteiger partial charge in [-0.2, -0.15) is 0 Å². The Kier molecular flexibility index (Phi) is 6.01. The van der Waals surface area contributed by atoms with E-state index in [1.807, 2.05) is 26.0 Å². The number of fused-ring (bicyclic) bond motifs is 1. The molecule has 0 aliphatic rings. The van der Waals surface area contributed by atoms with Crippen LogP contribution in [0.1, 0.15) is 45.6 Å². The van der Waals surface area contributed by atoms with E-state index in [9.17, 15) is 14.4 Å². The quantitative estimate of drug-likeness (QED) is 0.699. The van der Waals surface area contributed by atoms with Crippen molar-refractivity contribution in [1.82, 2.24) is 14.5 Å². The summed E-state index contributed by atoms with van der Waals surface area (Å²) in [7, 11) is 0. The van der Waals surface area contributed by atoms with E-state index in [2.05, 4.69) is 19.2 Å². The van der Waals surface area contributed by atoms with E-state index in [4.69, 9.17) is 0 Å². The fraction of sp³-hybridized carbons (Fsp3) is 0.348. The lowest BCUT2D eigenvalue weighted by molar-refractivity contribution is -0.122. The lowest BCUT2D eigenvalue weighted by Crippen LogP contribution is -2.43. The molecule has 0 saturated heterocycles. The Morgan fingerprint density at radius 3 is 2.28 bits per heavy atom. The number of carbonyl (C=O) groups excluding carboxylic acids is 1. The van der Waals surface area contributed by atoms with Crippen molar-refractivity contribution in [3.63, 3.8) is 0 Å². The molecule has 1 N–H and O–H groups in total. The summed E-state index contributed by atoms with van der Waals surface area (Å²) in [6.45, 7) is 7.91. The number of aromatic nitrogens is 2. The van der Waals surface area contributed by atoms with Crippen LogP contribution in [0.4, 0.5) is 0 Å². The van der Waals surface area contributed by atoms with Crippen LogP contribution in [0.25, 0.3) is 16.6 Å². The molecular weight excluding hydrogens is 366 g/mol. The fourth-order valence-corrected chi connectivity index (χ4v) is 3.28. The van der Waals surface area contributed by atoms with Crippen molar-refractivity contribution in [2.75, 3.05) is 0 Å². The number of amides is 1. The second-order valence-corrected chi connectivity index (χ2v) is 7.65. The molecule has 1 aromatic heterocycles. The molecule has 0 radical (unpaired) electrons. The fourth-order valence-electron chi connectivity index (χ4n) is 3.28. The minimum atomic E-state index is -0.523. The SMILES string of the molecule is CC[C@H](C)NC(=O)Cn1c(=O)n(-c2ccc(C(C)C)cc2)c(=O)c2ccccc21. The van der Waals surface area contributed by atoms with Crippen molar-refractivity contribution < 1.29 is 4.79 Å². The number of para-hydroxylation sites is 1. The zero-order valence-corrected chi connectivity index (χ0v) is 17.3. The molecule has 152 valence electrons. The van der Waals surface area contributed by atoms with Crippen LogP contribution >= 0.6 is 0 Å². The van der Waals surface area contributed by atoms with Crippen molar-refractivity contribution in [3.05, 3.63) is 74.9 Å². The van der Waals surface area contributed by atoms with Crippen LogP contribution in [0.2, 0.25) is 0 Å². The molecule has 0 aliphatic heterocycles. The normalized spacial score (nSPS) is 12.3. The first kappa shape index (κ1) is 20.6. The predicted molar refractivity (Wildman–Crippen MR) is 116 cm³/mol. The monoisotopic (exact) mass is 393 g/mol. The summed E-state index contributed by atoms with van der Waals surface area (Å²) in [4.78, 5) is 38.8. The molecule has 0 aliphatic carbocycles. The number of nitrogens with one attached hydrogen (secondary N) is 1. The molecule has 3 aromatic rings. The smallest absolute Gasteiger partial charge is 0.336 e. The minimum Gasteiger partial charge on any atom is -0.352 e. The molecule has 0 bridgehead atoms. The van der Waals surface area contributed by atoms with Gasteiger partial charge in [0, 0.05) is 6.04 Å². The zero-order chi connectivity index (χ0) is 21.1. The van der Waals surface area contributed by atoms with Gasteiger partial charge in [-0.25, -0.2) is 9.36 Å². The summed E-state index contributed by atoms with van der Waals surface area (Å²) < 4.78 is 2.51. The molecule has 0 unspecified atom stereocenters. The third-order valence-corrected chi connectivity index (χ3v) is 5.19. The number of hydrogen-bond acceptors (Lipinski definition) is 3. The molecule has 6 heteroatoms. The Morgan fingerprint density at radius 2 is 1.66 bits per heavy atom. The number of rotatable bonds is 6. The molecule has 1 heterocycles. The number of nitrogens with zero attached hydrogens (tertiary/aromatic N) is 2. The molecule has 0 spiro atoms. The van der Waals surface area contributed by atoms with Gasteiger partial charge in [0.05, 0.1) is 16.6 Å². The largest absolute Gasteiger partial charge is 0.352 e. The van der Waals surface area contributed by atoms with E-state index >= 15 is 0 Å². The van der Waals surface area contributed by atoms with E-state index in [1.54, 1.807) is 36.4 Å². The van der Waals surface area contributed by atoms with Crippen LogP contribution in [0.5, 0.6) is 0 Å². The average Bonchev–Trinajstić information content (AvgIpc) is 2.71. The highest BCUT2D eigenvalue weighted by Crippen LogP contribution is 2.16. The second kappa shape index (κ2) is 8.47.